The second-order valence-electron chi connectivity index (χ2n) is 2.78. The van der Waals surface area contributed by atoms with Crippen molar-refractivity contribution < 1.29 is 14.3 Å². The highest BCUT2D eigenvalue weighted by Crippen LogP contribution is 2.06. The third-order valence-corrected chi connectivity index (χ3v) is 1.79. The summed E-state index contributed by atoms with van der Waals surface area (Å²) in [6.45, 7) is 0. The summed E-state index contributed by atoms with van der Waals surface area (Å²) in [4.78, 5) is 21.2. The molecule has 1 heterocycles. The highest BCUT2D eigenvalue weighted by Gasteiger charge is 1.99. The SMILES string of the molecule is COC(=O)/C=C/c1cc(C=O)cn1C. The third kappa shape index (κ3) is 2.32. The number of hydrogen-bond acceptors (Lipinski definition) is 3. The minimum atomic E-state index is -0.418. The number of nitrogens with zero attached hydrogens (tertiary/aromatic N) is 1. The number of aldehydes is 1. The molecule has 0 spiro atoms. The van der Waals surface area contributed by atoms with E-state index in [1.807, 2.05) is 0 Å². The van der Waals surface area contributed by atoms with Crippen molar-refractivity contribution in [2.75, 3.05) is 7.11 Å². The van der Waals surface area contributed by atoms with Crippen LogP contribution in [0, 0.1) is 0 Å². The average molecular weight is 193 g/mol. The second-order valence-corrected chi connectivity index (χ2v) is 2.78. The smallest absolute Gasteiger partial charge is 0.330 e. The summed E-state index contributed by atoms with van der Waals surface area (Å²) in [6.07, 6.45) is 5.35. The van der Waals surface area contributed by atoms with Gasteiger partial charge in [0.2, 0.25) is 0 Å². The van der Waals surface area contributed by atoms with E-state index in [1.54, 1.807) is 30.0 Å². The van der Waals surface area contributed by atoms with E-state index in [0.717, 1.165) is 12.0 Å². The molecule has 74 valence electrons. The van der Waals surface area contributed by atoms with Crippen LogP contribution in [-0.4, -0.2) is 23.9 Å². The Morgan fingerprint density at radius 3 is 2.79 bits per heavy atom. The number of methoxy groups -OCH3 is 1. The fraction of sp³-hybridized carbons (Fsp3) is 0.200. The minimum Gasteiger partial charge on any atom is -0.466 e. The quantitative estimate of drug-likeness (QED) is 0.409. The Morgan fingerprint density at radius 2 is 2.29 bits per heavy atom. The van der Waals surface area contributed by atoms with Crippen LogP contribution >= 0.6 is 0 Å². The largest absolute Gasteiger partial charge is 0.466 e. The predicted molar refractivity (Wildman–Crippen MR) is 51.9 cm³/mol. The molecule has 0 aliphatic carbocycles. The van der Waals surface area contributed by atoms with Crippen molar-refractivity contribution >= 4 is 18.3 Å². The van der Waals surface area contributed by atoms with Crippen LogP contribution in [0.3, 0.4) is 0 Å². The summed E-state index contributed by atoms with van der Waals surface area (Å²) >= 11 is 0. The second kappa shape index (κ2) is 4.41. The van der Waals surface area contributed by atoms with Crippen LogP contribution in [0.4, 0.5) is 0 Å². The van der Waals surface area contributed by atoms with Crippen LogP contribution in [0.2, 0.25) is 0 Å². The third-order valence-electron chi connectivity index (χ3n) is 1.79. The molecule has 0 aliphatic rings. The average Bonchev–Trinajstić information content (AvgIpc) is 2.55. The molecule has 0 N–H and O–H groups in total. The van der Waals surface area contributed by atoms with Crippen LogP contribution in [0.25, 0.3) is 6.08 Å². The molecule has 1 aromatic heterocycles. The molecule has 0 unspecified atom stereocenters. The number of hydrogen-bond donors (Lipinski definition) is 0. The van der Waals surface area contributed by atoms with Gasteiger partial charge in [-0.15, -0.1) is 0 Å². The Balaban J connectivity index is 2.85. The van der Waals surface area contributed by atoms with Gasteiger partial charge in [0.25, 0.3) is 0 Å². The molecule has 0 aromatic carbocycles. The van der Waals surface area contributed by atoms with Crippen molar-refractivity contribution in [3.8, 4) is 0 Å². The lowest BCUT2D eigenvalue weighted by molar-refractivity contribution is -0.134. The molecule has 4 heteroatoms. The van der Waals surface area contributed by atoms with E-state index in [2.05, 4.69) is 4.74 Å². The normalized spacial score (nSPS) is 10.4. The van der Waals surface area contributed by atoms with Gasteiger partial charge < -0.3 is 9.30 Å². The molecule has 0 atom stereocenters. The van der Waals surface area contributed by atoms with E-state index in [9.17, 15) is 9.59 Å². The topological polar surface area (TPSA) is 48.3 Å². The maximum Gasteiger partial charge on any atom is 0.330 e. The lowest BCUT2D eigenvalue weighted by atomic mass is 10.3. The molecule has 4 nitrogen and oxygen atoms in total. The van der Waals surface area contributed by atoms with Crippen molar-refractivity contribution in [1.29, 1.82) is 0 Å². The molecule has 0 saturated heterocycles. The van der Waals surface area contributed by atoms with Gasteiger partial charge in [-0.3, -0.25) is 4.79 Å². The number of carbonyl (C=O) groups excluding carboxylic acids is 2. The van der Waals surface area contributed by atoms with Gasteiger partial charge in [0, 0.05) is 30.6 Å². The number of esters is 1. The van der Waals surface area contributed by atoms with Gasteiger partial charge in [0.05, 0.1) is 7.11 Å². The molecule has 0 fully saturated rings. The predicted octanol–water partition coefficient (Wildman–Crippen LogP) is 1.02. The minimum absolute atomic E-state index is 0.418. The molecule has 0 radical (unpaired) electrons. The van der Waals surface area contributed by atoms with Gasteiger partial charge in [0.15, 0.2) is 6.29 Å². The summed E-state index contributed by atoms with van der Waals surface area (Å²) in [7, 11) is 3.11. The standard InChI is InChI=1S/C10H11NO3/c1-11-6-8(7-12)5-9(11)3-4-10(13)14-2/h3-7H,1-2H3/b4-3+. The Morgan fingerprint density at radius 1 is 1.57 bits per heavy atom. The van der Waals surface area contributed by atoms with Gasteiger partial charge in [-0.2, -0.15) is 0 Å². The summed E-state index contributed by atoms with van der Waals surface area (Å²) in [5.41, 5.74) is 1.36. The number of carbonyl (C=O) groups is 2. The van der Waals surface area contributed by atoms with E-state index >= 15 is 0 Å². The monoisotopic (exact) mass is 193 g/mol. The van der Waals surface area contributed by atoms with Crippen molar-refractivity contribution in [1.82, 2.24) is 4.57 Å². The molecular formula is C10H11NO3. The first kappa shape index (κ1) is 10.2. The van der Waals surface area contributed by atoms with Crippen molar-refractivity contribution in [3.05, 3.63) is 29.6 Å². The van der Waals surface area contributed by atoms with Gasteiger partial charge in [-0.05, 0) is 12.1 Å². The van der Waals surface area contributed by atoms with E-state index in [-0.39, 0.29) is 0 Å². The van der Waals surface area contributed by atoms with E-state index < -0.39 is 5.97 Å². The maximum atomic E-state index is 10.8. The molecule has 0 bridgehead atoms. The van der Waals surface area contributed by atoms with Crippen LogP contribution in [-0.2, 0) is 16.6 Å². The van der Waals surface area contributed by atoms with Crippen LogP contribution in [0.1, 0.15) is 16.1 Å². The fourth-order valence-electron chi connectivity index (χ4n) is 1.06. The number of aromatic nitrogens is 1. The summed E-state index contributed by atoms with van der Waals surface area (Å²) in [5, 5.41) is 0. The van der Waals surface area contributed by atoms with E-state index in [4.69, 9.17) is 0 Å². The molecular weight excluding hydrogens is 182 g/mol. The fourth-order valence-corrected chi connectivity index (χ4v) is 1.06. The Kier molecular flexibility index (Phi) is 3.23. The van der Waals surface area contributed by atoms with Gasteiger partial charge in [-0.1, -0.05) is 0 Å². The zero-order valence-corrected chi connectivity index (χ0v) is 8.06. The van der Waals surface area contributed by atoms with E-state index in [1.165, 1.54) is 13.2 Å². The van der Waals surface area contributed by atoms with Crippen molar-refractivity contribution in [2.45, 2.75) is 0 Å². The first-order valence-electron chi connectivity index (χ1n) is 4.05. The lowest BCUT2D eigenvalue weighted by Gasteiger charge is -1.94. The first-order valence-corrected chi connectivity index (χ1v) is 4.05. The molecule has 0 aliphatic heterocycles. The Bertz CT molecular complexity index is 377. The zero-order valence-electron chi connectivity index (χ0n) is 8.06. The molecule has 1 rings (SSSR count). The molecule has 14 heavy (non-hydrogen) atoms. The maximum absolute atomic E-state index is 10.8. The summed E-state index contributed by atoms with van der Waals surface area (Å²) in [5.74, 6) is -0.418. The highest BCUT2D eigenvalue weighted by molar-refractivity contribution is 5.87. The van der Waals surface area contributed by atoms with Gasteiger partial charge in [0.1, 0.15) is 0 Å². The van der Waals surface area contributed by atoms with Gasteiger partial charge in [-0.25, -0.2) is 4.79 Å². The van der Waals surface area contributed by atoms with Crippen molar-refractivity contribution in [3.63, 3.8) is 0 Å². The van der Waals surface area contributed by atoms with Crippen LogP contribution in [0.5, 0.6) is 0 Å². The lowest BCUT2D eigenvalue weighted by Crippen LogP contribution is -1.94. The van der Waals surface area contributed by atoms with Crippen molar-refractivity contribution in [2.24, 2.45) is 7.05 Å². The van der Waals surface area contributed by atoms with Crippen LogP contribution in [0.15, 0.2) is 18.3 Å². The van der Waals surface area contributed by atoms with E-state index in [0.29, 0.717) is 5.56 Å². The summed E-state index contributed by atoms with van der Waals surface area (Å²) < 4.78 is 6.19. The van der Waals surface area contributed by atoms with Crippen LogP contribution < -0.4 is 0 Å². The number of aryl methyl sites for hydroxylation is 1. The number of ether oxygens (including phenoxy) is 1. The number of rotatable bonds is 3. The first-order chi connectivity index (χ1) is 6.67. The zero-order chi connectivity index (χ0) is 10.6. The Labute approximate surface area is 81.8 Å². The molecule has 1 aromatic rings. The Hall–Kier alpha value is -1.84. The summed E-state index contributed by atoms with van der Waals surface area (Å²) in [6, 6.07) is 1.69. The highest BCUT2D eigenvalue weighted by atomic mass is 16.5. The van der Waals surface area contributed by atoms with Gasteiger partial charge >= 0.3 is 5.97 Å². The molecule has 0 amide bonds. The molecule has 0 saturated carbocycles.